The van der Waals surface area contributed by atoms with Gasteiger partial charge in [0.05, 0.1) is 6.61 Å². The van der Waals surface area contributed by atoms with Gasteiger partial charge in [-0.2, -0.15) is 13.6 Å². The van der Waals surface area contributed by atoms with Crippen molar-refractivity contribution in [1.29, 1.82) is 0 Å². The number of ether oxygens (including phenoxy) is 1. The van der Waals surface area contributed by atoms with E-state index in [9.17, 15) is 8.42 Å². The fraction of sp³-hybridized carbons (Fsp3) is 0.684. The smallest absolute Gasteiger partial charge is 0.380 e. The Morgan fingerprint density at radius 3 is 1.92 bits per heavy atom. The van der Waals surface area contributed by atoms with Gasteiger partial charge in [-0.25, -0.2) is 0 Å². The van der Waals surface area contributed by atoms with Crippen LogP contribution in [0.3, 0.4) is 0 Å². The Morgan fingerprint density at radius 2 is 1.36 bits per heavy atom. The Labute approximate surface area is 153 Å². The Bertz CT molecular complexity index is 560. The van der Waals surface area contributed by atoms with Gasteiger partial charge in [-0.1, -0.05) is 77.2 Å². The molecule has 0 saturated heterocycles. The predicted octanol–water partition coefficient (Wildman–Crippen LogP) is 4.96. The molecule has 0 atom stereocenters. The molecule has 5 nitrogen and oxygen atoms in total. The van der Waals surface area contributed by atoms with Crippen LogP contribution in [-0.4, -0.2) is 15.0 Å². The summed E-state index contributed by atoms with van der Waals surface area (Å²) < 4.78 is 32.1. The molecule has 0 spiro atoms. The average molecular weight is 372 g/mol. The van der Waals surface area contributed by atoms with E-state index in [2.05, 4.69) is 11.1 Å². The van der Waals surface area contributed by atoms with Gasteiger partial charge in [0, 0.05) is 6.07 Å². The van der Waals surface area contributed by atoms with Crippen LogP contribution in [0.5, 0.6) is 11.5 Å². The van der Waals surface area contributed by atoms with Crippen LogP contribution in [0.2, 0.25) is 0 Å². The topological polar surface area (TPSA) is 78.6 Å². The first kappa shape index (κ1) is 21.8. The maximum absolute atomic E-state index is 10.9. The average Bonchev–Trinajstić information content (AvgIpc) is 2.54. The zero-order valence-corrected chi connectivity index (χ0v) is 16.2. The van der Waals surface area contributed by atoms with E-state index < -0.39 is 10.3 Å². The number of rotatable bonds is 15. The molecule has 0 amide bonds. The van der Waals surface area contributed by atoms with Gasteiger partial charge in [0.25, 0.3) is 0 Å². The zero-order valence-electron chi connectivity index (χ0n) is 15.4. The minimum absolute atomic E-state index is 0.166. The fourth-order valence-electron chi connectivity index (χ4n) is 2.71. The molecule has 2 N–H and O–H groups in total. The third kappa shape index (κ3) is 12.7. The summed E-state index contributed by atoms with van der Waals surface area (Å²) in [6.07, 6.45) is 14.2. The summed E-state index contributed by atoms with van der Waals surface area (Å²) in [5.41, 5.74) is 0. The van der Waals surface area contributed by atoms with Crippen LogP contribution in [0.25, 0.3) is 0 Å². The summed E-state index contributed by atoms with van der Waals surface area (Å²) in [6.45, 7) is 2.87. The second kappa shape index (κ2) is 13.0. The first-order valence-electron chi connectivity index (χ1n) is 9.46. The van der Waals surface area contributed by atoms with Crippen LogP contribution in [0.1, 0.15) is 77.6 Å². The van der Waals surface area contributed by atoms with Crippen molar-refractivity contribution in [3.05, 3.63) is 24.3 Å². The van der Waals surface area contributed by atoms with E-state index in [1.807, 2.05) is 0 Å². The van der Waals surface area contributed by atoms with E-state index in [0.717, 1.165) is 12.8 Å². The van der Waals surface area contributed by atoms with Crippen molar-refractivity contribution in [2.75, 3.05) is 6.61 Å². The van der Waals surface area contributed by atoms with Crippen LogP contribution in [0, 0.1) is 0 Å². The van der Waals surface area contributed by atoms with E-state index >= 15 is 0 Å². The maximum Gasteiger partial charge on any atom is 0.380 e. The molecule has 0 aromatic heterocycles. The van der Waals surface area contributed by atoms with Crippen molar-refractivity contribution < 1.29 is 17.3 Å². The standard InChI is InChI=1S/C19H33NO4S/c1-2-3-4-5-6-7-8-9-10-11-12-16-23-18-14-13-15-19(17-18)24-25(20,21)22/h13-15,17H,2-12,16H2,1H3,(H2,20,21,22). The number of unbranched alkanes of at least 4 members (excludes halogenated alkanes) is 10. The molecule has 0 heterocycles. The summed E-state index contributed by atoms with van der Waals surface area (Å²) in [6, 6.07) is 6.51. The molecule has 0 fully saturated rings. The zero-order chi connectivity index (χ0) is 18.4. The first-order valence-corrected chi connectivity index (χ1v) is 10.9. The van der Waals surface area contributed by atoms with Gasteiger partial charge in [-0.05, 0) is 18.6 Å². The number of hydrogen-bond donors (Lipinski definition) is 1. The summed E-state index contributed by atoms with van der Waals surface area (Å²) in [5, 5.41) is 4.85. The lowest BCUT2D eigenvalue weighted by Crippen LogP contribution is -2.18. The van der Waals surface area contributed by atoms with Gasteiger partial charge in [0.1, 0.15) is 11.5 Å². The van der Waals surface area contributed by atoms with Crippen molar-refractivity contribution in [3.8, 4) is 11.5 Å². The molecule has 1 aromatic rings. The van der Waals surface area contributed by atoms with Gasteiger partial charge in [0.2, 0.25) is 0 Å². The Balaban J connectivity index is 2.02. The molecule has 0 aliphatic carbocycles. The lowest BCUT2D eigenvalue weighted by Gasteiger charge is -2.08. The van der Waals surface area contributed by atoms with Gasteiger partial charge in [-0.3, -0.25) is 0 Å². The van der Waals surface area contributed by atoms with Crippen LogP contribution >= 0.6 is 0 Å². The van der Waals surface area contributed by atoms with Gasteiger partial charge in [-0.15, -0.1) is 0 Å². The van der Waals surface area contributed by atoms with Crippen LogP contribution in [-0.2, 0) is 10.3 Å². The van der Waals surface area contributed by atoms with Crippen molar-refractivity contribution in [1.82, 2.24) is 0 Å². The van der Waals surface area contributed by atoms with Crippen LogP contribution in [0.15, 0.2) is 24.3 Å². The van der Waals surface area contributed by atoms with E-state index in [1.165, 1.54) is 69.9 Å². The van der Waals surface area contributed by atoms with E-state index in [1.54, 1.807) is 12.1 Å². The Morgan fingerprint density at radius 1 is 0.840 bits per heavy atom. The summed E-state index contributed by atoms with van der Waals surface area (Å²) in [7, 11) is -4.00. The van der Waals surface area contributed by atoms with Crippen molar-refractivity contribution in [2.24, 2.45) is 5.14 Å². The third-order valence-electron chi connectivity index (χ3n) is 4.03. The molecule has 25 heavy (non-hydrogen) atoms. The number of hydrogen-bond acceptors (Lipinski definition) is 4. The van der Waals surface area contributed by atoms with Gasteiger partial charge >= 0.3 is 10.3 Å². The molecular weight excluding hydrogens is 338 g/mol. The predicted molar refractivity (Wildman–Crippen MR) is 102 cm³/mol. The quantitative estimate of drug-likeness (QED) is 0.442. The Kier molecular flexibility index (Phi) is 11.3. The highest BCUT2D eigenvalue weighted by Crippen LogP contribution is 2.20. The second-order valence-corrected chi connectivity index (χ2v) is 7.59. The van der Waals surface area contributed by atoms with Crippen molar-refractivity contribution in [3.63, 3.8) is 0 Å². The molecule has 0 saturated carbocycles. The largest absolute Gasteiger partial charge is 0.493 e. The lowest BCUT2D eigenvalue weighted by molar-refractivity contribution is 0.303. The molecule has 0 bridgehead atoms. The normalized spacial score (nSPS) is 11.4. The van der Waals surface area contributed by atoms with Crippen molar-refractivity contribution >= 4 is 10.3 Å². The first-order chi connectivity index (χ1) is 12.0. The summed E-state index contributed by atoms with van der Waals surface area (Å²) in [4.78, 5) is 0. The van der Waals surface area contributed by atoms with Gasteiger partial charge in [0.15, 0.2) is 0 Å². The summed E-state index contributed by atoms with van der Waals surface area (Å²) >= 11 is 0. The van der Waals surface area contributed by atoms with E-state index in [-0.39, 0.29) is 5.75 Å². The molecule has 6 heteroatoms. The monoisotopic (exact) mass is 371 g/mol. The number of benzene rings is 1. The third-order valence-corrected chi connectivity index (χ3v) is 4.46. The fourth-order valence-corrected chi connectivity index (χ4v) is 3.08. The number of nitrogens with two attached hydrogens (primary N) is 1. The second-order valence-electron chi connectivity index (χ2n) is 6.43. The lowest BCUT2D eigenvalue weighted by atomic mass is 10.1. The Hall–Kier alpha value is -1.27. The molecule has 1 aromatic carbocycles. The van der Waals surface area contributed by atoms with Crippen molar-refractivity contribution in [2.45, 2.75) is 77.6 Å². The molecule has 0 aliphatic heterocycles. The summed E-state index contributed by atoms with van der Waals surface area (Å²) in [5.74, 6) is 0.757. The van der Waals surface area contributed by atoms with E-state index in [4.69, 9.17) is 9.88 Å². The highest BCUT2D eigenvalue weighted by atomic mass is 32.2. The minimum Gasteiger partial charge on any atom is -0.493 e. The molecule has 0 unspecified atom stereocenters. The highest BCUT2D eigenvalue weighted by molar-refractivity contribution is 7.84. The van der Waals surface area contributed by atoms with E-state index in [0.29, 0.717) is 12.4 Å². The molecular formula is C19H33NO4S. The minimum atomic E-state index is -4.00. The molecule has 1 rings (SSSR count). The molecule has 144 valence electrons. The van der Waals surface area contributed by atoms with Crippen LogP contribution in [0.4, 0.5) is 0 Å². The highest BCUT2D eigenvalue weighted by Gasteiger charge is 2.05. The molecule has 0 radical (unpaired) electrons. The van der Waals surface area contributed by atoms with Gasteiger partial charge < -0.3 is 8.92 Å². The maximum atomic E-state index is 10.9. The van der Waals surface area contributed by atoms with Crippen LogP contribution < -0.4 is 14.1 Å². The molecule has 0 aliphatic rings. The SMILES string of the molecule is CCCCCCCCCCCCCOc1cccc(OS(N)(=O)=O)c1.